The van der Waals surface area contributed by atoms with Gasteiger partial charge in [-0.15, -0.1) is 0 Å². The Morgan fingerprint density at radius 3 is 2.92 bits per heavy atom. The lowest BCUT2D eigenvalue weighted by Crippen LogP contribution is -2.29. The van der Waals surface area contributed by atoms with Gasteiger partial charge in [0.1, 0.15) is 11.0 Å². The van der Waals surface area contributed by atoms with Crippen molar-refractivity contribution in [2.45, 2.75) is 13.0 Å². The summed E-state index contributed by atoms with van der Waals surface area (Å²) >= 11 is 5.66. The van der Waals surface area contributed by atoms with Crippen molar-refractivity contribution in [1.29, 1.82) is 0 Å². The van der Waals surface area contributed by atoms with E-state index in [1.807, 2.05) is 7.05 Å². The number of hydrogen-bond acceptors (Lipinski definition) is 4. The first-order valence-electron chi connectivity index (χ1n) is 4.11. The monoisotopic (exact) mass is 200 g/mol. The number of nitrogens with one attached hydrogen (secondary N) is 2. The fourth-order valence-corrected chi connectivity index (χ4v) is 0.934. The number of likely N-dealkylation sites (N-methyl/N-ethyl adjacent to an activating group) is 1. The van der Waals surface area contributed by atoms with E-state index in [1.54, 1.807) is 6.20 Å². The van der Waals surface area contributed by atoms with Gasteiger partial charge in [-0.3, -0.25) is 4.98 Å². The summed E-state index contributed by atoms with van der Waals surface area (Å²) in [6.07, 6.45) is 3.16. The molecule has 0 aliphatic heterocycles. The highest BCUT2D eigenvalue weighted by atomic mass is 35.5. The van der Waals surface area contributed by atoms with Gasteiger partial charge in [-0.1, -0.05) is 11.6 Å². The number of halogens is 1. The Hall–Kier alpha value is -0.870. The van der Waals surface area contributed by atoms with Gasteiger partial charge in [0.15, 0.2) is 0 Å². The van der Waals surface area contributed by atoms with Crippen LogP contribution in [0.1, 0.15) is 6.92 Å². The Balaban J connectivity index is 2.45. The molecule has 0 amide bonds. The molecule has 0 saturated heterocycles. The molecule has 1 atom stereocenters. The van der Waals surface area contributed by atoms with E-state index in [2.05, 4.69) is 27.5 Å². The van der Waals surface area contributed by atoms with Crippen LogP contribution in [0.5, 0.6) is 0 Å². The summed E-state index contributed by atoms with van der Waals surface area (Å²) < 4.78 is 0. The maximum Gasteiger partial charge on any atom is 0.149 e. The van der Waals surface area contributed by atoms with Crippen LogP contribution in [-0.2, 0) is 0 Å². The van der Waals surface area contributed by atoms with Gasteiger partial charge < -0.3 is 10.6 Å². The quantitative estimate of drug-likeness (QED) is 0.766. The molecule has 1 heterocycles. The average molecular weight is 201 g/mol. The topological polar surface area (TPSA) is 49.8 Å². The fraction of sp³-hybridized carbons (Fsp3) is 0.500. The van der Waals surface area contributed by atoms with Crippen molar-refractivity contribution in [3.05, 3.63) is 17.5 Å². The standard InChI is InChI=1S/C8H13ClN4/c1-6(10-2)3-12-8-5-11-4-7(9)13-8/h4-6,10H,3H2,1-2H3,(H,12,13). The molecule has 0 radical (unpaired) electrons. The fourth-order valence-electron chi connectivity index (χ4n) is 0.787. The zero-order valence-corrected chi connectivity index (χ0v) is 8.47. The van der Waals surface area contributed by atoms with Gasteiger partial charge in [0.05, 0.1) is 12.4 Å². The smallest absolute Gasteiger partial charge is 0.149 e. The summed E-state index contributed by atoms with van der Waals surface area (Å²) in [7, 11) is 1.91. The normalized spacial score (nSPS) is 12.5. The lowest BCUT2D eigenvalue weighted by molar-refractivity contribution is 0.637. The lowest BCUT2D eigenvalue weighted by atomic mass is 10.3. The molecule has 0 aliphatic rings. The number of rotatable bonds is 4. The van der Waals surface area contributed by atoms with E-state index in [9.17, 15) is 0 Å². The number of hydrogen-bond donors (Lipinski definition) is 2. The van der Waals surface area contributed by atoms with Crippen LogP contribution in [0.2, 0.25) is 5.15 Å². The van der Waals surface area contributed by atoms with Gasteiger partial charge in [0.2, 0.25) is 0 Å². The molecule has 0 saturated carbocycles. The molecule has 0 bridgehead atoms. The van der Waals surface area contributed by atoms with Crippen LogP contribution >= 0.6 is 11.6 Å². The maximum absolute atomic E-state index is 5.66. The first-order valence-corrected chi connectivity index (χ1v) is 4.49. The van der Waals surface area contributed by atoms with Crippen LogP contribution in [0.3, 0.4) is 0 Å². The van der Waals surface area contributed by atoms with Crippen LogP contribution in [0.15, 0.2) is 12.4 Å². The Morgan fingerprint density at radius 2 is 2.31 bits per heavy atom. The van der Waals surface area contributed by atoms with Crippen molar-refractivity contribution in [1.82, 2.24) is 15.3 Å². The molecule has 0 fully saturated rings. The molecule has 1 aromatic heterocycles. The maximum atomic E-state index is 5.66. The zero-order valence-electron chi connectivity index (χ0n) is 7.71. The SMILES string of the molecule is CNC(C)CNc1cncc(Cl)n1. The van der Waals surface area contributed by atoms with E-state index in [0.29, 0.717) is 17.0 Å². The minimum Gasteiger partial charge on any atom is -0.367 e. The van der Waals surface area contributed by atoms with Gasteiger partial charge >= 0.3 is 0 Å². The Bertz CT molecular complexity index is 266. The van der Waals surface area contributed by atoms with Gasteiger partial charge in [0, 0.05) is 12.6 Å². The van der Waals surface area contributed by atoms with Gasteiger partial charge in [-0.25, -0.2) is 4.98 Å². The Labute approximate surface area is 82.7 Å². The highest BCUT2D eigenvalue weighted by molar-refractivity contribution is 6.29. The lowest BCUT2D eigenvalue weighted by Gasteiger charge is -2.11. The van der Waals surface area contributed by atoms with Crippen molar-refractivity contribution in [3.63, 3.8) is 0 Å². The van der Waals surface area contributed by atoms with Gasteiger partial charge in [-0.2, -0.15) is 0 Å². The van der Waals surface area contributed by atoms with E-state index in [1.165, 1.54) is 6.20 Å². The third-order valence-electron chi connectivity index (χ3n) is 1.69. The molecule has 72 valence electrons. The van der Waals surface area contributed by atoms with Crippen LogP contribution in [0.4, 0.5) is 5.82 Å². The summed E-state index contributed by atoms with van der Waals surface area (Å²) in [6.45, 7) is 2.87. The molecule has 0 aliphatic carbocycles. The molecule has 0 aromatic carbocycles. The van der Waals surface area contributed by atoms with Gasteiger partial charge in [0.25, 0.3) is 0 Å². The summed E-state index contributed by atoms with van der Waals surface area (Å²) in [4.78, 5) is 7.95. The number of anilines is 1. The summed E-state index contributed by atoms with van der Waals surface area (Å²) in [5.41, 5.74) is 0. The zero-order chi connectivity index (χ0) is 9.68. The molecular weight excluding hydrogens is 188 g/mol. The third kappa shape index (κ3) is 3.57. The minimum absolute atomic E-state index is 0.390. The van der Waals surface area contributed by atoms with Crippen LogP contribution in [0, 0.1) is 0 Å². The average Bonchev–Trinajstić information content (AvgIpc) is 2.14. The van der Waals surface area contributed by atoms with E-state index in [4.69, 9.17) is 11.6 Å². The molecule has 0 spiro atoms. The van der Waals surface area contributed by atoms with E-state index in [0.717, 1.165) is 6.54 Å². The van der Waals surface area contributed by atoms with Gasteiger partial charge in [-0.05, 0) is 14.0 Å². The van der Waals surface area contributed by atoms with E-state index in [-0.39, 0.29) is 0 Å². The minimum atomic E-state index is 0.390. The second kappa shape index (κ2) is 4.99. The number of aromatic nitrogens is 2. The molecule has 5 heteroatoms. The number of nitrogens with zero attached hydrogens (tertiary/aromatic N) is 2. The van der Waals surface area contributed by atoms with Crippen molar-refractivity contribution in [2.24, 2.45) is 0 Å². The molecular formula is C8H13ClN4. The predicted octanol–water partition coefficient (Wildman–Crippen LogP) is 1.15. The second-order valence-electron chi connectivity index (χ2n) is 2.80. The Morgan fingerprint density at radius 1 is 1.54 bits per heavy atom. The molecule has 1 rings (SSSR count). The summed E-state index contributed by atoms with van der Waals surface area (Å²) in [5, 5.41) is 6.63. The molecule has 13 heavy (non-hydrogen) atoms. The molecule has 4 nitrogen and oxygen atoms in total. The molecule has 1 unspecified atom stereocenters. The van der Waals surface area contributed by atoms with Crippen LogP contribution in [0.25, 0.3) is 0 Å². The highest BCUT2D eigenvalue weighted by Gasteiger charge is 1.99. The Kier molecular flexibility index (Phi) is 3.92. The first kappa shape index (κ1) is 10.2. The van der Waals surface area contributed by atoms with Crippen LogP contribution < -0.4 is 10.6 Å². The predicted molar refractivity (Wildman–Crippen MR) is 54.1 cm³/mol. The highest BCUT2D eigenvalue weighted by Crippen LogP contribution is 2.06. The van der Waals surface area contributed by atoms with E-state index < -0.39 is 0 Å². The third-order valence-corrected chi connectivity index (χ3v) is 1.87. The largest absolute Gasteiger partial charge is 0.367 e. The van der Waals surface area contributed by atoms with Crippen molar-refractivity contribution in [2.75, 3.05) is 18.9 Å². The van der Waals surface area contributed by atoms with Crippen molar-refractivity contribution < 1.29 is 0 Å². The second-order valence-corrected chi connectivity index (χ2v) is 3.18. The van der Waals surface area contributed by atoms with Crippen molar-refractivity contribution >= 4 is 17.4 Å². The summed E-state index contributed by atoms with van der Waals surface area (Å²) in [6, 6.07) is 0.390. The van der Waals surface area contributed by atoms with Crippen LogP contribution in [-0.4, -0.2) is 29.6 Å². The first-order chi connectivity index (χ1) is 6.22. The van der Waals surface area contributed by atoms with Crippen molar-refractivity contribution in [3.8, 4) is 0 Å². The molecule has 1 aromatic rings. The molecule has 2 N–H and O–H groups in total. The summed E-state index contributed by atoms with van der Waals surface area (Å²) in [5.74, 6) is 0.703. The van der Waals surface area contributed by atoms with E-state index >= 15 is 0 Å².